The Hall–Kier alpha value is -1.93. The second-order valence-electron chi connectivity index (χ2n) is 5.62. The van der Waals surface area contributed by atoms with E-state index in [1.807, 2.05) is 24.3 Å². The van der Waals surface area contributed by atoms with Crippen LogP contribution in [0, 0.1) is 0 Å². The summed E-state index contributed by atoms with van der Waals surface area (Å²) >= 11 is 0. The van der Waals surface area contributed by atoms with Gasteiger partial charge in [0, 0.05) is 12.3 Å². The SMILES string of the molecule is CC(=O)[N+]1(c2ccccc2)CCC(c2ccccc2)C1. The van der Waals surface area contributed by atoms with Crippen molar-refractivity contribution in [1.82, 2.24) is 4.48 Å². The van der Waals surface area contributed by atoms with E-state index in [2.05, 4.69) is 36.4 Å². The van der Waals surface area contributed by atoms with Crippen LogP contribution in [-0.2, 0) is 4.79 Å². The Morgan fingerprint density at radius 1 is 1.00 bits per heavy atom. The topological polar surface area (TPSA) is 17.1 Å². The summed E-state index contributed by atoms with van der Waals surface area (Å²) in [6.45, 7) is 3.50. The Bertz CT molecular complexity index is 593. The molecule has 1 aliphatic rings. The average molecular weight is 266 g/mol. The Balaban J connectivity index is 1.94. The number of benzene rings is 2. The number of amides is 1. The molecule has 1 saturated heterocycles. The standard InChI is InChI=1S/C18H20NO/c1-15(20)19(18-10-6-3-7-11-18)13-12-17(14-19)16-8-4-2-5-9-16/h2-11,17H,12-14H2,1H3/q+1. The molecule has 0 radical (unpaired) electrons. The minimum atomic E-state index is 0.245. The van der Waals surface area contributed by atoms with E-state index in [1.165, 1.54) is 5.56 Å². The molecule has 0 saturated carbocycles. The van der Waals surface area contributed by atoms with Gasteiger partial charge in [-0.2, -0.15) is 0 Å². The lowest BCUT2D eigenvalue weighted by atomic mass is 9.98. The van der Waals surface area contributed by atoms with Crippen molar-refractivity contribution >= 4 is 11.6 Å². The molecule has 0 N–H and O–H groups in total. The lowest BCUT2D eigenvalue weighted by Crippen LogP contribution is -2.50. The van der Waals surface area contributed by atoms with Gasteiger partial charge < -0.3 is 0 Å². The number of hydrogen-bond donors (Lipinski definition) is 0. The molecule has 2 atom stereocenters. The minimum Gasteiger partial charge on any atom is -0.231 e. The minimum absolute atomic E-state index is 0.245. The van der Waals surface area contributed by atoms with Crippen LogP contribution in [0.4, 0.5) is 5.69 Å². The Kier molecular flexibility index (Phi) is 3.41. The maximum Gasteiger partial charge on any atom is 0.315 e. The van der Waals surface area contributed by atoms with Crippen LogP contribution in [0.1, 0.15) is 24.8 Å². The van der Waals surface area contributed by atoms with Gasteiger partial charge in [0.15, 0.2) is 0 Å². The van der Waals surface area contributed by atoms with Crippen molar-refractivity contribution in [2.24, 2.45) is 0 Å². The third-order valence-electron chi connectivity index (χ3n) is 4.52. The highest BCUT2D eigenvalue weighted by Gasteiger charge is 2.44. The molecule has 2 unspecified atom stereocenters. The molecule has 102 valence electrons. The van der Waals surface area contributed by atoms with Crippen molar-refractivity contribution in [1.29, 1.82) is 0 Å². The first-order valence-electron chi connectivity index (χ1n) is 7.21. The maximum atomic E-state index is 12.3. The monoisotopic (exact) mass is 266 g/mol. The van der Waals surface area contributed by atoms with Gasteiger partial charge in [-0.25, -0.2) is 9.28 Å². The zero-order valence-corrected chi connectivity index (χ0v) is 11.8. The van der Waals surface area contributed by atoms with E-state index in [0.717, 1.165) is 25.2 Å². The molecule has 1 amide bonds. The van der Waals surface area contributed by atoms with E-state index in [-0.39, 0.29) is 5.91 Å². The fraction of sp³-hybridized carbons (Fsp3) is 0.278. The zero-order chi connectivity index (χ0) is 14.0. The van der Waals surface area contributed by atoms with E-state index in [1.54, 1.807) is 6.92 Å². The van der Waals surface area contributed by atoms with Crippen molar-refractivity contribution in [3.63, 3.8) is 0 Å². The summed E-state index contributed by atoms with van der Waals surface area (Å²) in [6, 6.07) is 20.8. The van der Waals surface area contributed by atoms with Crippen LogP contribution in [0.5, 0.6) is 0 Å². The van der Waals surface area contributed by atoms with Crippen molar-refractivity contribution in [3.05, 3.63) is 66.2 Å². The molecule has 0 aliphatic carbocycles. The first kappa shape index (κ1) is 13.1. The highest BCUT2D eigenvalue weighted by atomic mass is 16.2. The molecule has 2 nitrogen and oxygen atoms in total. The lowest BCUT2D eigenvalue weighted by molar-refractivity contribution is -0.127. The molecule has 3 rings (SSSR count). The molecule has 0 aromatic heterocycles. The van der Waals surface area contributed by atoms with Crippen molar-refractivity contribution in [3.8, 4) is 0 Å². The summed E-state index contributed by atoms with van der Waals surface area (Å²) in [6.07, 6.45) is 1.07. The highest BCUT2D eigenvalue weighted by Crippen LogP contribution is 2.37. The Morgan fingerprint density at radius 3 is 2.20 bits per heavy atom. The maximum absolute atomic E-state index is 12.3. The van der Waals surface area contributed by atoms with Gasteiger partial charge in [-0.1, -0.05) is 48.5 Å². The number of likely N-dealkylation sites (tertiary alicyclic amines) is 1. The van der Waals surface area contributed by atoms with Crippen molar-refractivity contribution < 1.29 is 4.79 Å². The van der Waals surface area contributed by atoms with E-state index in [9.17, 15) is 4.79 Å². The molecule has 2 aromatic rings. The first-order valence-corrected chi connectivity index (χ1v) is 7.21. The third kappa shape index (κ3) is 2.16. The molecular weight excluding hydrogens is 246 g/mol. The zero-order valence-electron chi connectivity index (χ0n) is 11.8. The summed E-state index contributed by atoms with van der Waals surface area (Å²) in [7, 11) is 0. The second-order valence-corrected chi connectivity index (χ2v) is 5.62. The summed E-state index contributed by atoms with van der Waals surface area (Å²) in [4.78, 5) is 12.3. The number of quaternary nitrogens is 1. The van der Waals surface area contributed by atoms with Crippen molar-refractivity contribution in [2.75, 3.05) is 13.1 Å². The van der Waals surface area contributed by atoms with Crippen LogP contribution in [0.15, 0.2) is 60.7 Å². The highest BCUT2D eigenvalue weighted by molar-refractivity contribution is 5.87. The van der Waals surface area contributed by atoms with Crippen LogP contribution in [0.2, 0.25) is 0 Å². The van der Waals surface area contributed by atoms with Crippen LogP contribution < -0.4 is 4.48 Å². The Morgan fingerprint density at radius 2 is 1.60 bits per heavy atom. The van der Waals surface area contributed by atoms with E-state index < -0.39 is 0 Å². The molecule has 1 heterocycles. The van der Waals surface area contributed by atoms with Gasteiger partial charge >= 0.3 is 5.91 Å². The van der Waals surface area contributed by atoms with Gasteiger partial charge in [-0.05, 0) is 17.7 Å². The van der Waals surface area contributed by atoms with E-state index >= 15 is 0 Å². The van der Waals surface area contributed by atoms with Crippen molar-refractivity contribution in [2.45, 2.75) is 19.3 Å². The van der Waals surface area contributed by atoms with E-state index in [0.29, 0.717) is 10.4 Å². The second kappa shape index (κ2) is 5.22. The van der Waals surface area contributed by atoms with Gasteiger partial charge in [0.25, 0.3) is 0 Å². The molecular formula is C18H20NO+. The summed E-state index contributed by atoms with van der Waals surface area (Å²) in [5, 5.41) is 0. The van der Waals surface area contributed by atoms with Crippen LogP contribution in [-0.4, -0.2) is 19.0 Å². The summed E-state index contributed by atoms with van der Waals surface area (Å²) in [5.41, 5.74) is 2.48. The largest absolute Gasteiger partial charge is 0.315 e. The van der Waals surface area contributed by atoms with Gasteiger partial charge in [0.2, 0.25) is 0 Å². The number of carbonyl (C=O) groups excluding carboxylic acids is 1. The Labute approximate surface area is 120 Å². The third-order valence-corrected chi connectivity index (χ3v) is 4.52. The predicted molar refractivity (Wildman–Crippen MR) is 82.5 cm³/mol. The van der Waals surface area contributed by atoms with Gasteiger partial charge in [0.1, 0.15) is 5.69 Å². The molecule has 1 aliphatic heterocycles. The number of rotatable bonds is 2. The number of para-hydroxylation sites is 1. The molecule has 2 aromatic carbocycles. The predicted octanol–water partition coefficient (Wildman–Crippen LogP) is 3.73. The molecule has 0 spiro atoms. The fourth-order valence-corrected chi connectivity index (χ4v) is 3.35. The van der Waals surface area contributed by atoms with Gasteiger partial charge in [-0.15, -0.1) is 0 Å². The smallest absolute Gasteiger partial charge is 0.231 e. The van der Waals surface area contributed by atoms with Crippen LogP contribution in [0.3, 0.4) is 0 Å². The first-order chi connectivity index (χ1) is 9.72. The molecule has 2 heteroatoms. The molecule has 0 bridgehead atoms. The molecule has 1 fully saturated rings. The van der Waals surface area contributed by atoms with Crippen LogP contribution >= 0.6 is 0 Å². The number of nitrogens with zero attached hydrogens (tertiary/aromatic N) is 1. The number of hydrogen-bond acceptors (Lipinski definition) is 1. The average Bonchev–Trinajstić information content (AvgIpc) is 2.96. The lowest BCUT2D eigenvalue weighted by Gasteiger charge is -2.30. The summed E-state index contributed by atoms with van der Waals surface area (Å²) in [5.74, 6) is 0.718. The van der Waals surface area contributed by atoms with Crippen LogP contribution in [0.25, 0.3) is 0 Å². The van der Waals surface area contributed by atoms with E-state index in [4.69, 9.17) is 0 Å². The quantitative estimate of drug-likeness (QED) is 0.757. The normalized spacial score (nSPS) is 25.6. The number of carbonyl (C=O) groups is 1. The molecule has 20 heavy (non-hydrogen) atoms. The fourth-order valence-electron chi connectivity index (χ4n) is 3.35. The summed E-state index contributed by atoms with van der Waals surface area (Å²) < 4.78 is 0.487. The van der Waals surface area contributed by atoms with Gasteiger partial charge in [0.05, 0.1) is 20.0 Å². The van der Waals surface area contributed by atoms with Gasteiger partial charge in [-0.3, -0.25) is 0 Å².